The Kier molecular flexibility index (Phi) is 4.66. The number of H-pyrrole nitrogens is 1. The number of fused-ring (bicyclic) bond motifs is 1. The maximum Gasteiger partial charge on any atom is 0.259 e. The Morgan fingerprint density at radius 2 is 2.21 bits per heavy atom. The van der Waals surface area contributed by atoms with E-state index in [1.807, 2.05) is 26.2 Å². The second-order valence-corrected chi connectivity index (χ2v) is 6.38. The second-order valence-electron chi connectivity index (χ2n) is 5.41. The van der Waals surface area contributed by atoms with Gasteiger partial charge in [0.1, 0.15) is 0 Å². The second kappa shape index (κ2) is 6.88. The maximum atomic E-state index is 12.1. The van der Waals surface area contributed by atoms with Crippen LogP contribution >= 0.6 is 11.8 Å². The van der Waals surface area contributed by atoms with Gasteiger partial charge in [0.25, 0.3) is 5.56 Å². The normalized spacial score (nSPS) is 12.2. The SMILES string of the molecule is C[C@@H](NC(=O)CSc1nc2ccccc2c(=O)[nH]1)c1cnn(C)c1. The van der Waals surface area contributed by atoms with Gasteiger partial charge in [-0.2, -0.15) is 5.10 Å². The van der Waals surface area contributed by atoms with E-state index >= 15 is 0 Å². The van der Waals surface area contributed by atoms with Gasteiger partial charge in [0.2, 0.25) is 5.91 Å². The average molecular weight is 343 g/mol. The molecular formula is C16H17N5O2S. The highest BCUT2D eigenvalue weighted by Gasteiger charge is 2.12. The van der Waals surface area contributed by atoms with Crippen molar-refractivity contribution in [2.24, 2.45) is 7.05 Å². The van der Waals surface area contributed by atoms with Crippen molar-refractivity contribution in [3.8, 4) is 0 Å². The number of amides is 1. The molecule has 24 heavy (non-hydrogen) atoms. The van der Waals surface area contributed by atoms with Crippen LogP contribution in [0.25, 0.3) is 10.9 Å². The molecule has 1 atom stereocenters. The Balaban J connectivity index is 1.63. The van der Waals surface area contributed by atoms with Crippen LogP contribution in [-0.2, 0) is 11.8 Å². The van der Waals surface area contributed by atoms with Crippen molar-refractivity contribution in [2.45, 2.75) is 18.1 Å². The molecular weight excluding hydrogens is 326 g/mol. The third-order valence-corrected chi connectivity index (χ3v) is 4.41. The molecule has 3 aromatic rings. The zero-order chi connectivity index (χ0) is 17.1. The van der Waals surface area contributed by atoms with Gasteiger partial charge in [-0.1, -0.05) is 23.9 Å². The first-order valence-corrected chi connectivity index (χ1v) is 8.41. The Morgan fingerprint density at radius 3 is 2.96 bits per heavy atom. The zero-order valence-electron chi connectivity index (χ0n) is 13.3. The summed E-state index contributed by atoms with van der Waals surface area (Å²) in [4.78, 5) is 31.1. The average Bonchev–Trinajstić information content (AvgIpc) is 3.00. The van der Waals surface area contributed by atoms with E-state index in [-0.39, 0.29) is 23.3 Å². The molecule has 2 heterocycles. The lowest BCUT2D eigenvalue weighted by Crippen LogP contribution is -2.28. The third kappa shape index (κ3) is 3.65. The van der Waals surface area contributed by atoms with Gasteiger partial charge in [-0.3, -0.25) is 14.3 Å². The molecule has 2 N–H and O–H groups in total. The number of carbonyl (C=O) groups excluding carboxylic acids is 1. The highest BCUT2D eigenvalue weighted by Crippen LogP contribution is 2.15. The van der Waals surface area contributed by atoms with Gasteiger partial charge in [0.15, 0.2) is 5.16 Å². The fourth-order valence-electron chi connectivity index (χ4n) is 2.30. The molecule has 124 valence electrons. The van der Waals surface area contributed by atoms with Crippen molar-refractivity contribution in [3.05, 3.63) is 52.6 Å². The van der Waals surface area contributed by atoms with Gasteiger partial charge in [0, 0.05) is 18.8 Å². The van der Waals surface area contributed by atoms with Crippen LogP contribution < -0.4 is 10.9 Å². The van der Waals surface area contributed by atoms with Crippen LogP contribution in [0.1, 0.15) is 18.5 Å². The van der Waals surface area contributed by atoms with E-state index in [1.165, 1.54) is 11.8 Å². The molecule has 0 saturated heterocycles. The molecule has 0 aliphatic carbocycles. The van der Waals surface area contributed by atoms with Crippen molar-refractivity contribution in [3.63, 3.8) is 0 Å². The highest BCUT2D eigenvalue weighted by molar-refractivity contribution is 7.99. The van der Waals surface area contributed by atoms with E-state index in [2.05, 4.69) is 20.4 Å². The maximum absolute atomic E-state index is 12.1. The van der Waals surface area contributed by atoms with Crippen LogP contribution in [0.5, 0.6) is 0 Å². The number of carbonyl (C=O) groups is 1. The number of thioether (sulfide) groups is 1. The predicted octanol–water partition coefficient (Wildman–Crippen LogP) is 1.63. The smallest absolute Gasteiger partial charge is 0.259 e. The minimum absolute atomic E-state index is 0.129. The number of rotatable bonds is 5. The quantitative estimate of drug-likeness (QED) is 0.542. The molecule has 0 unspecified atom stereocenters. The number of nitrogens with one attached hydrogen (secondary N) is 2. The fourth-order valence-corrected chi connectivity index (χ4v) is 2.98. The minimum Gasteiger partial charge on any atom is -0.349 e. The fraction of sp³-hybridized carbons (Fsp3) is 0.250. The van der Waals surface area contributed by atoms with E-state index in [9.17, 15) is 9.59 Å². The summed E-state index contributed by atoms with van der Waals surface area (Å²) in [5.74, 6) is 0.0402. The number of para-hydroxylation sites is 1. The topological polar surface area (TPSA) is 92.7 Å². The van der Waals surface area contributed by atoms with E-state index in [0.29, 0.717) is 16.1 Å². The van der Waals surface area contributed by atoms with E-state index in [1.54, 1.807) is 29.1 Å². The Morgan fingerprint density at radius 1 is 1.42 bits per heavy atom. The lowest BCUT2D eigenvalue weighted by Gasteiger charge is -2.11. The number of aromatic amines is 1. The molecule has 1 aromatic carbocycles. The number of aryl methyl sites for hydroxylation is 1. The molecule has 8 heteroatoms. The molecule has 0 radical (unpaired) electrons. The van der Waals surface area contributed by atoms with Crippen LogP contribution in [0, 0.1) is 0 Å². The first-order chi connectivity index (χ1) is 11.5. The van der Waals surface area contributed by atoms with Gasteiger partial charge in [0.05, 0.1) is 28.9 Å². The molecule has 7 nitrogen and oxygen atoms in total. The van der Waals surface area contributed by atoms with Crippen molar-refractivity contribution in [2.75, 3.05) is 5.75 Å². The molecule has 0 fully saturated rings. The highest BCUT2D eigenvalue weighted by atomic mass is 32.2. The Hall–Kier alpha value is -2.61. The first kappa shape index (κ1) is 16.3. The molecule has 0 spiro atoms. The summed E-state index contributed by atoms with van der Waals surface area (Å²) in [6, 6.07) is 6.98. The molecule has 3 rings (SSSR count). The number of aromatic nitrogens is 4. The van der Waals surface area contributed by atoms with Crippen LogP contribution in [-0.4, -0.2) is 31.4 Å². The summed E-state index contributed by atoms with van der Waals surface area (Å²) in [7, 11) is 1.83. The summed E-state index contributed by atoms with van der Waals surface area (Å²) in [5, 5.41) is 7.96. The molecule has 0 saturated carbocycles. The van der Waals surface area contributed by atoms with Gasteiger partial charge >= 0.3 is 0 Å². The number of benzene rings is 1. The Bertz CT molecular complexity index is 933. The number of hydrogen-bond acceptors (Lipinski definition) is 5. The van der Waals surface area contributed by atoms with Gasteiger partial charge in [-0.25, -0.2) is 4.98 Å². The van der Waals surface area contributed by atoms with E-state index < -0.39 is 0 Å². The molecule has 0 aliphatic rings. The number of hydrogen-bond donors (Lipinski definition) is 2. The van der Waals surface area contributed by atoms with Crippen molar-refractivity contribution >= 4 is 28.6 Å². The third-order valence-electron chi connectivity index (χ3n) is 3.53. The zero-order valence-corrected chi connectivity index (χ0v) is 14.1. The minimum atomic E-state index is -0.202. The van der Waals surface area contributed by atoms with Crippen LogP contribution in [0.2, 0.25) is 0 Å². The van der Waals surface area contributed by atoms with Crippen LogP contribution in [0.3, 0.4) is 0 Å². The summed E-state index contributed by atoms with van der Waals surface area (Å²) < 4.78 is 1.69. The molecule has 1 amide bonds. The van der Waals surface area contributed by atoms with E-state index in [4.69, 9.17) is 0 Å². The van der Waals surface area contributed by atoms with Crippen molar-refractivity contribution < 1.29 is 4.79 Å². The lowest BCUT2D eigenvalue weighted by atomic mass is 10.2. The largest absolute Gasteiger partial charge is 0.349 e. The summed E-state index contributed by atoms with van der Waals surface area (Å²) in [5.41, 5.74) is 1.35. The van der Waals surface area contributed by atoms with Crippen LogP contribution in [0.4, 0.5) is 0 Å². The van der Waals surface area contributed by atoms with Gasteiger partial charge < -0.3 is 10.3 Å². The predicted molar refractivity (Wildman–Crippen MR) is 92.9 cm³/mol. The Labute approximate surface area is 142 Å². The summed E-state index contributed by atoms with van der Waals surface area (Å²) in [6.07, 6.45) is 3.58. The molecule has 2 aromatic heterocycles. The molecule has 0 aliphatic heterocycles. The summed E-state index contributed by atoms with van der Waals surface area (Å²) in [6.45, 7) is 1.90. The standard InChI is InChI=1S/C16H17N5O2S/c1-10(11-7-17-21(2)8-11)18-14(22)9-24-16-19-13-6-4-3-5-12(13)15(23)20-16/h3-8,10H,9H2,1-2H3,(H,18,22)(H,19,20,23)/t10-/m1/s1. The van der Waals surface area contributed by atoms with E-state index in [0.717, 1.165) is 5.56 Å². The summed E-state index contributed by atoms with van der Waals surface area (Å²) >= 11 is 1.20. The van der Waals surface area contributed by atoms with Gasteiger partial charge in [-0.15, -0.1) is 0 Å². The van der Waals surface area contributed by atoms with Crippen molar-refractivity contribution in [1.82, 2.24) is 25.1 Å². The monoisotopic (exact) mass is 343 g/mol. The first-order valence-electron chi connectivity index (χ1n) is 7.42. The van der Waals surface area contributed by atoms with Crippen LogP contribution in [0.15, 0.2) is 46.6 Å². The molecule has 0 bridgehead atoms. The number of nitrogens with zero attached hydrogens (tertiary/aromatic N) is 3. The van der Waals surface area contributed by atoms with Crippen molar-refractivity contribution in [1.29, 1.82) is 0 Å². The van der Waals surface area contributed by atoms with Gasteiger partial charge in [-0.05, 0) is 19.1 Å². The lowest BCUT2D eigenvalue weighted by molar-refractivity contribution is -0.119.